The van der Waals surface area contributed by atoms with Gasteiger partial charge in [-0.25, -0.2) is 0 Å². The molecule has 18 heavy (non-hydrogen) atoms. The number of nitrogens with zero attached hydrogens (tertiary/aromatic N) is 3. The average molecular weight is 249 g/mol. The van der Waals surface area contributed by atoms with Crippen LogP contribution in [0, 0.1) is 0 Å². The van der Waals surface area contributed by atoms with Crippen molar-refractivity contribution < 1.29 is 14.2 Å². The third-order valence-electron chi connectivity index (χ3n) is 2.76. The first-order valence-corrected chi connectivity index (χ1v) is 5.75. The number of hydrogen-bond donors (Lipinski definition) is 0. The summed E-state index contributed by atoms with van der Waals surface area (Å²) in [6.45, 7) is 0.939. The zero-order valence-electron chi connectivity index (χ0n) is 10.2. The van der Waals surface area contributed by atoms with Crippen LogP contribution in [0.2, 0.25) is 0 Å². The van der Waals surface area contributed by atoms with E-state index in [0.29, 0.717) is 13.2 Å². The van der Waals surface area contributed by atoms with Gasteiger partial charge in [-0.2, -0.15) is 0 Å². The molecule has 0 saturated carbocycles. The Balaban J connectivity index is 2.00. The van der Waals surface area contributed by atoms with Gasteiger partial charge in [0, 0.05) is 10.5 Å². The molecule has 6 heteroatoms. The predicted octanol–water partition coefficient (Wildman–Crippen LogP) is 2.81. The molecule has 0 amide bonds. The molecule has 1 saturated heterocycles. The summed E-state index contributed by atoms with van der Waals surface area (Å²) in [7, 11) is 1.62. The Kier molecular flexibility index (Phi) is 4.41. The molecule has 0 aromatic heterocycles. The minimum atomic E-state index is -0.399. The maximum Gasteiger partial charge on any atom is 0.184 e. The van der Waals surface area contributed by atoms with E-state index in [9.17, 15) is 0 Å². The fourth-order valence-electron chi connectivity index (χ4n) is 1.79. The normalized spacial score (nSPS) is 23.2. The van der Waals surface area contributed by atoms with Crippen molar-refractivity contribution in [3.8, 4) is 5.75 Å². The molecule has 96 valence electrons. The Bertz CT molecular complexity index is 429. The highest BCUT2D eigenvalue weighted by Crippen LogP contribution is 2.27. The van der Waals surface area contributed by atoms with Crippen LogP contribution in [0.3, 0.4) is 0 Å². The predicted molar refractivity (Wildman–Crippen MR) is 65.2 cm³/mol. The van der Waals surface area contributed by atoms with Crippen LogP contribution >= 0.6 is 0 Å². The van der Waals surface area contributed by atoms with Crippen molar-refractivity contribution in [2.45, 2.75) is 18.8 Å². The third kappa shape index (κ3) is 3.13. The van der Waals surface area contributed by atoms with Gasteiger partial charge in [0.1, 0.15) is 5.75 Å². The first-order chi connectivity index (χ1) is 8.83. The van der Waals surface area contributed by atoms with Crippen molar-refractivity contribution in [2.24, 2.45) is 5.11 Å². The standard InChI is InChI=1S/C12H15N3O3/c1-16-10-4-2-9(3-5-10)12-17-7-6-11(18-12)8-14-15-13/h2-5,11-12H,6-8H2,1H3/t11-,12-/m1/s1. The van der Waals surface area contributed by atoms with Gasteiger partial charge in [0.15, 0.2) is 6.29 Å². The van der Waals surface area contributed by atoms with Crippen molar-refractivity contribution >= 4 is 0 Å². The quantitative estimate of drug-likeness (QED) is 0.467. The Labute approximate surface area is 105 Å². The molecule has 1 aliphatic rings. The Morgan fingerprint density at radius 3 is 2.89 bits per heavy atom. The van der Waals surface area contributed by atoms with E-state index in [2.05, 4.69) is 10.0 Å². The SMILES string of the molecule is COc1ccc([C@@H]2OCC[C@H](CN=[N+]=[N-])O2)cc1. The number of ether oxygens (including phenoxy) is 3. The second-order valence-corrected chi connectivity index (χ2v) is 3.94. The molecule has 0 bridgehead atoms. The van der Waals surface area contributed by atoms with Gasteiger partial charge in [-0.05, 0) is 24.1 Å². The minimum Gasteiger partial charge on any atom is -0.497 e. The number of hydrogen-bond acceptors (Lipinski definition) is 4. The lowest BCUT2D eigenvalue weighted by Crippen LogP contribution is -2.28. The summed E-state index contributed by atoms with van der Waals surface area (Å²) in [6, 6.07) is 7.52. The molecule has 6 nitrogen and oxygen atoms in total. The lowest BCUT2D eigenvalue weighted by Gasteiger charge is -2.29. The Morgan fingerprint density at radius 1 is 1.44 bits per heavy atom. The van der Waals surface area contributed by atoms with Crippen molar-refractivity contribution in [3.05, 3.63) is 40.3 Å². The van der Waals surface area contributed by atoms with Crippen LogP contribution in [0.25, 0.3) is 10.4 Å². The molecule has 0 spiro atoms. The molecule has 2 atom stereocenters. The van der Waals surface area contributed by atoms with Crippen molar-refractivity contribution in [1.82, 2.24) is 0 Å². The van der Waals surface area contributed by atoms with Crippen molar-refractivity contribution in [2.75, 3.05) is 20.3 Å². The highest BCUT2D eigenvalue weighted by Gasteiger charge is 2.23. The van der Waals surface area contributed by atoms with Gasteiger partial charge in [-0.1, -0.05) is 17.2 Å². The zero-order valence-corrected chi connectivity index (χ0v) is 10.2. The molecule has 0 radical (unpaired) electrons. The largest absolute Gasteiger partial charge is 0.497 e. The van der Waals surface area contributed by atoms with Gasteiger partial charge >= 0.3 is 0 Å². The van der Waals surface area contributed by atoms with Gasteiger partial charge in [-0.3, -0.25) is 0 Å². The fourth-order valence-corrected chi connectivity index (χ4v) is 1.79. The molecule has 1 aromatic rings. The molecule has 1 heterocycles. The summed E-state index contributed by atoms with van der Waals surface area (Å²) in [6.07, 6.45) is 0.261. The molecular weight excluding hydrogens is 234 g/mol. The molecular formula is C12H15N3O3. The van der Waals surface area contributed by atoms with Gasteiger partial charge in [0.25, 0.3) is 0 Å². The van der Waals surface area contributed by atoms with Gasteiger partial charge in [0.05, 0.1) is 26.4 Å². The number of methoxy groups -OCH3 is 1. The van der Waals surface area contributed by atoms with Crippen LogP contribution in [0.4, 0.5) is 0 Å². The number of benzene rings is 1. The van der Waals surface area contributed by atoms with Gasteiger partial charge in [0.2, 0.25) is 0 Å². The van der Waals surface area contributed by atoms with Crippen molar-refractivity contribution in [1.29, 1.82) is 0 Å². The minimum absolute atomic E-state index is 0.0817. The van der Waals surface area contributed by atoms with Crippen LogP contribution in [-0.4, -0.2) is 26.4 Å². The topological polar surface area (TPSA) is 76.5 Å². The van der Waals surface area contributed by atoms with Gasteiger partial charge < -0.3 is 14.2 Å². The lowest BCUT2D eigenvalue weighted by atomic mass is 10.1. The van der Waals surface area contributed by atoms with Crippen molar-refractivity contribution in [3.63, 3.8) is 0 Å². The fraction of sp³-hybridized carbons (Fsp3) is 0.500. The average Bonchev–Trinajstić information content (AvgIpc) is 2.45. The van der Waals surface area contributed by atoms with Crippen LogP contribution in [0.5, 0.6) is 5.75 Å². The molecule has 2 rings (SSSR count). The van der Waals surface area contributed by atoms with E-state index >= 15 is 0 Å². The molecule has 0 unspecified atom stereocenters. The van der Waals surface area contributed by atoms with E-state index in [1.54, 1.807) is 7.11 Å². The second-order valence-electron chi connectivity index (χ2n) is 3.94. The van der Waals surface area contributed by atoms with E-state index in [-0.39, 0.29) is 6.10 Å². The summed E-state index contributed by atoms with van der Waals surface area (Å²) in [5.41, 5.74) is 9.23. The van der Waals surface area contributed by atoms with E-state index in [4.69, 9.17) is 19.7 Å². The van der Waals surface area contributed by atoms with Gasteiger partial charge in [-0.15, -0.1) is 0 Å². The van der Waals surface area contributed by atoms with Crippen LogP contribution in [-0.2, 0) is 9.47 Å². The van der Waals surface area contributed by atoms with E-state index in [0.717, 1.165) is 17.7 Å². The molecule has 0 aliphatic carbocycles. The van der Waals surface area contributed by atoms with E-state index < -0.39 is 6.29 Å². The molecule has 1 fully saturated rings. The highest BCUT2D eigenvalue weighted by atomic mass is 16.7. The number of azide groups is 1. The molecule has 1 aliphatic heterocycles. The maximum atomic E-state index is 8.30. The molecule has 1 aromatic carbocycles. The summed E-state index contributed by atoms with van der Waals surface area (Å²) >= 11 is 0. The summed E-state index contributed by atoms with van der Waals surface area (Å²) in [5, 5.41) is 3.53. The van der Waals surface area contributed by atoms with E-state index in [1.165, 1.54) is 0 Å². The maximum absolute atomic E-state index is 8.30. The molecule has 0 N–H and O–H groups in total. The summed E-state index contributed by atoms with van der Waals surface area (Å²) in [5.74, 6) is 0.792. The summed E-state index contributed by atoms with van der Waals surface area (Å²) < 4.78 is 16.4. The first-order valence-electron chi connectivity index (χ1n) is 5.75. The Morgan fingerprint density at radius 2 is 2.22 bits per heavy atom. The second kappa shape index (κ2) is 6.26. The monoisotopic (exact) mass is 249 g/mol. The number of rotatable bonds is 4. The third-order valence-corrected chi connectivity index (χ3v) is 2.76. The zero-order chi connectivity index (χ0) is 12.8. The lowest BCUT2D eigenvalue weighted by molar-refractivity contribution is -0.214. The van der Waals surface area contributed by atoms with Crippen LogP contribution < -0.4 is 4.74 Å². The Hall–Kier alpha value is -1.75. The van der Waals surface area contributed by atoms with Crippen LogP contribution in [0.15, 0.2) is 29.4 Å². The highest BCUT2D eigenvalue weighted by molar-refractivity contribution is 5.27. The van der Waals surface area contributed by atoms with E-state index in [1.807, 2.05) is 24.3 Å². The smallest absolute Gasteiger partial charge is 0.184 e. The van der Waals surface area contributed by atoms with Crippen LogP contribution in [0.1, 0.15) is 18.3 Å². The summed E-state index contributed by atoms with van der Waals surface area (Å²) in [4.78, 5) is 2.74. The first kappa shape index (κ1) is 12.7.